The lowest BCUT2D eigenvalue weighted by Crippen LogP contribution is -2.07. The van der Waals surface area contributed by atoms with E-state index in [1.807, 2.05) is 17.7 Å². The Labute approximate surface area is 95.4 Å². The average molecular weight is 239 g/mol. The van der Waals surface area contributed by atoms with E-state index in [4.69, 9.17) is 4.74 Å². The Morgan fingerprint density at radius 3 is 3.00 bits per heavy atom. The Bertz CT molecular complexity index is 422. The van der Waals surface area contributed by atoms with Crippen LogP contribution < -0.4 is 0 Å². The topological polar surface area (TPSA) is 39.2 Å². The second-order valence-corrected chi connectivity index (χ2v) is 4.64. The highest BCUT2D eigenvalue weighted by molar-refractivity contribution is 7.09. The number of esters is 1. The van der Waals surface area contributed by atoms with Crippen LogP contribution in [0.25, 0.3) is 0 Å². The van der Waals surface area contributed by atoms with E-state index in [0.717, 1.165) is 5.01 Å². The molecule has 0 N–H and O–H groups in total. The summed E-state index contributed by atoms with van der Waals surface area (Å²) in [4.78, 5) is 15.7. The van der Waals surface area contributed by atoms with E-state index < -0.39 is 0 Å². The van der Waals surface area contributed by atoms with Crippen molar-refractivity contribution in [1.82, 2.24) is 4.98 Å². The molecule has 0 aromatic carbocycles. The zero-order valence-electron chi connectivity index (χ0n) is 8.04. The van der Waals surface area contributed by atoms with Crippen LogP contribution in [0, 0.1) is 0 Å². The third-order valence-corrected chi connectivity index (χ3v) is 3.46. The summed E-state index contributed by atoms with van der Waals surface area (Å²) in [6.07, 6.45) is 1.42. The summed E-state index contributed by atoms with van der Waals surface area (Å²) in [5, 5.41) is 6.31. The molecule has 5 heteroatoms. The van der Waals surface area contributed by atoms with Crippen molar-refractivity contribution < 1.29 is 9.53 Å². The maximum absolute atomic E-state index is 11.6. The molecule has 2 aromatic heterocycles. The molecule has 2 aromatic rings. The number of hydrogen-bond acceptors (Lipinski definition) is 5. The Morgan fingerprint density at radius 2 is 2.40 bits per heavy atom. The predicted octanol–water partition coefficient (Wildman–Crippen LogP) is 3.12. The van der Waals surface area contributed by atoms with E-state index in [2.05, 4.69) is 4.98 Å². The molecule has 0 unspecified atom stereocenters. The number of hydrogen-bond donors (Lipinski definition) is 0. The van der Waals surface area contributed by atoms with Crippen molar-refractivity contribution in [3.05, 3.63) is 39.0 Å². The number of aromatic nitrogens is 1. The fourth-order valence-corrected chi connectivity index (χ4v) is 2.34. The SMILES string of the molecule is C[C@H](OC(=O)c1ccsc1)c1nccs1. The van der Waals surface area contributed by atoms with Gasteiger partial charge < -0.3 is 4.74 Å². The molecule has 1 atom stereocenters. The van der Waals surface area contributed by atoms with Crippen LogP contribution in [0.4, 0.5) is 0 Å². The summed E-state index contributed by atoms with van der Waals surface area (Å²) < 4.78 is 5.25. The van der Waals surface area contributed by atoms with Crippen molar-refractivity contribution >= 4 is 28.6 Å². The maximum Gasteiger partial charge on any atom is 0.339 e. The van der Waals surface area contributed by atoms with Crippen LogP contribution >= 0.6 is 22.7 Å². The van der Waals surface area contributed by atoms with Gasteiger partial charge in [-0.15, -0.1) is 11.3 Å². The van der Waals surface area contributed by atoms with Crippen molar-refractivity contribution in [1.29, 1.82) is 0 Å². The van der Waals surface area contributed by atoms with Crippen LogP contribution in [-0.4, -0.2) is 11.0 Å². The normalized spacial score (nSPS) is 12.3. The van der Waals surface area contributed by atoms with Crippen molar-refractivity contribution in [2.45, 2.75) is 13.0 Å². The second kappa shape index (κ2) is 4.55. The lowest BCUT2D eigenvalue weighted by molar-refractivity contribution is 0.0338. The molecule has 2 heterocycles. The molecule has 0 aliphatic heterocycles. The lowest BCUT2D eigenvalue weighted by atomic mass is 10.3. The predicted molar refractivity (Wildman–Crippen MR) is 60.3 cm³/mol. The van der Waals surface area contributed by atoms with Crippen LogP contribution in [0.2, 0.25) is 0 Å². The molecule has 78 valence electrons. The third kappa shape index (κ3) is 2.43. The van der Waals surface area contributed by atoms with Gasteiger partial charge in [0.25, 0.3) is 0 Å². The van der Waals surface area contributed by atoms with Crippen LogP contribution in [0.5, 0.6) is 0 Å². The van der Waals surface area contributed by atoms with Crippen molar-refractivity contribution in [2.75, 3.05) is 0 Å². The minimum absolute atomic E-state index is 0.280. The average Bonchev–Trinajstić information content (AvgIpc) is 2.91. The smallest absolute Gasteiger partial charge is 0.339 e. The summed E-state index contributed by atoms with van der Waals surface area (Å²) in [7, 11) is 0. The van der Waals surface area contributed by atoms with Crippen LogP contribution in [0.3, 0.4) is 0 Å². The third-order valence-electron chi connectivity index (χ3n) is 1.84. The first kappa shape index (κ1) is 10.3. The first-order valence-electron chi connectivity index (χ1n) is 4.40. The van der Waals surface area contributed by atoms with Crippen molar-refractivity contribution in [3.8, 4) is 0 Å². The molecule has 0 aliphatic carbocycles. The number of rotatable bonds is 3. The molecule has 15 heavy (non-hydrogen) atoms. The van der Waals surface area contributed by atoms with Gasteiger partial charge in [-0.2, -0.15) is 11.3 Å². The van der Waals surface area contributed by atoms with E-state index >= 15 is 0 Å². The number of thiophene rings is 1. The zero-order chi connectivity index (χ0) is 10.7. The van der Waals surface area contributed by atoms with E-state index in [1.54, 1.807) is 17.6 Å². The quantitative estimate of drug-likeness (QED) is 0.772. The highest BCUT2D eigenvalue weighted by Gasteiger charge is 2.15. The first-order valence-corrected chi connectivity index (χ1v) is 6.22. The van der Waals surface area contributed by atoms with E-state index in [9.17, 15) is 4.79 Å². The zero-order valence-corrected chi connectivity index (χ0v) is 9.68. The van der Waals surface area contributed by atoms with Gasteiger partial charge in [0.1, 0.15) is 5.01 Å². The fraction of sp³-hybridized carbons (Fsp3) is 0.200. The summed E-state index contributed by atoms with van der Waals surface area (Å²) in [5.41, 5.74) is 0.600. The van der Waals surface area contributed by atoms with Gasteiger partial charge in [0.15, 0.2) is 6.10 Å². The summed E-state index contributed by atoms with van der Waals surface area (Å²) in [6.45, 7) is 1.82. The van der Waals surface area contributed by atoms with Crippen molar-refractivity contribution in [2.24, 2.45) is 0 Å². The molecule has 3 nitrogen and oxygen atoms in total. The highest BCUT2D eigenvalue weighted by Crippen LogP contribution is 2.20. The highest BCUT2D eigenvalue weighted by atomic mass is 32.1. The molecule has 0 fully saturated rings. The monoisotopic (exact) mass is 239 g/mol. The molecule has 0 spiro atoms. The standard InChI is InChI=1S/C10H9NO2S2/c1-7(9-11-3-5-15-9)13-10(12)8-2-4-14-6-8/h2-7H,1H3/t7-/m0/s1. The molecule has 0 radical (unpaired) electrons. The van der Waals surface area contributed by atoms with Gasteiger partial charge in [-0.05, 0) is 18.4 Å². The Hall–Kier alpha value is -1.20. The molecular formula is C10H9NO2S2. The van der Waals surface area contributed by atoms with Crippen molar-refractivity contribution in [3.63, 3.8) is 0 Å². The molecule has 0 aliphatic rings. The lowest BCUT2D eigenvalue weighted by Gasteiger charge is -2.09. The van der Waals surface area contributed by atoms with Crippen LogP contribution in [0.15, 0.2) is 28.4 Å². The summed E-state index contributed by atoms with van der Waals surface area (Å²) >= 11 is 2.96. The van der Waals surface area contributed by atoms with E-state index in [-0.39, 0.29) is 12.1 Å². The Kier molecular flexibility index (Phi) is 3.13. The van der Waals surface area contributed by atoms with Gasteiger partial charge in [-0.1, -0.05) is 0 Å². The van der Waals surface area contributed by atoms with Gasteiger partial charge >= 0.3 is 5.97 Å². The molecule has 0 saturated carbocycles. The van der Waals surface area contributed by atoms with Gasteiger partial charge in [0.05, 0.1) is 5.56 Å². The van der Waals surface area contributed by atoms with Crippen LogP contribution in [0.1, 0.15) is 28.4 Å². The number of ether oxygens (including phenoxy) is 1. The maximum atomic E-state index is 11.6. The summed E-state index contributed by atoms with van der Waals surface area (Å²) in [5.74, 6) is -0.293. The fourth-order valence-electron chi connectivity index (χ4n) is 1.09. The van der Waals surface area contributed by atoms with Gasteiger partial charge in [0.2, 0.25) is 0 Å². The van der Waals surface area contributed by atoms with E-state index in [0.29, 0.717) is 5.56 Å². The number of carbonyl (C=O) groups is 1. The Balaban J connectivity index is 2.01. The number of nitrogens with zero attached hydrogens (tertiary/aromatic N) is 1. The van der Waals surface area contributed by atoms with Gasteiger partial charge in [0, 0.05) is 17.0 Å². The molecule has 0 saturated heterocycles. The Morgan fingerprint density at radius 1 is 1.53 bits per heavy atom. The molecule has 0 bridgehead atoms. The van der Waals surface area contributed by atoms with Gasteiger partial charge in [-0.3, -0.25) is 0 Å². The van der Waals surface area contributed by atoms with E-state index in [1.165, 1.54) is 22.7 Å². The second-order valence-electron chi connectivity index (χ2n) is 2.93. The molecule has 0 amide bonds. The molecule has 2 rings (SSSR count). The van der Waals surface area contributed by atoms with Crippen LogP contribution in [-0.2, 0) is 4.74 Å². The number of carbonyl (C=O) groups excluding carboxylic acids is 1. The van der Waals surface area contributed by atoms with Gasteiger partial charge in [-0.25, -0.2) is 9.78 Å². The first-order chi connectivity index (χ1) is 7.27. The molecular weight excluding hydrogens is 230 g/mol. The minimum Gasteiger partial charge on any atom is -0.452 e. The summed E-state index contributed by atoms with van der Waals surface area (Å²) in [6, 6.07) is 1.75. The minimum atomic E-state index is -0.293. The largest absolute Gasteiger partial charge is 0.452 e. The number of thiazole rings is 1.